The van der Waals surface area contributed by atoms with Gasteiger partial charge in [0.25, 0.3) is 5.91 Å². The number of nitrogens with zero attached hydrogens (tertiary/aromatic N) is 1. The predicted octanol–water partition coefficient (Wildman–Crippen LogP) is 2.30. The van der Waals surface area contributed by atoms with Crippen LogP contribution in [0.15, 0.2) is 18.2 Å². The number of nitriles is 1. The van der Waals surface area contributed by atoms with Gasteiger partial charge in [0.2, 0.25) is 6.23 Å². The third-order valence-electron chi connectivity index (χ3n) is 2.25. The number of carbonyl (C=O) groups excluding carboxylic acids is 1. The summed E-state index contributed by atoms with van der Waals surface area (Å²) in [6.07, 6.45) is -0.995. The van der Waals surface area contributed by atoms with Gasteiger partial charge in [0.1, 0.15) is 12.7 Å². The van der Waals surface area contributed by atoms with Gasteiger partial charge in [0.05, 0.1) is 0 Å². The van der Waals surface area contributed by atoms with Crippen LogP contribution in [0.25, 0.3) is 0 Å². The van der Waals surface area contributed by atoms with Crippen molar-refractivity contribution >= 4 is 28.5 Å². The third kappa shape index (κ3) is 5.29. The lowest BCUT2D eigenvalue weighted by molar-refractivity contribution is 0.0685. The Labute approximate surface area is 126 Å². The molecule has 0 aromatic heterocycles. The van der Waals surface area contributed by atoms with Crippen molar-refractivity contribution in [2.24, 2.45) is 0 Å². The largest absolute Gasteiger partial charge is 0.332 e. The smallest absolute Gasteiger partial charge is 0.254 e. The molecule has 1 atom stereocenters. The van der Waals surface area contributed by atoms with E-state index >= 15 is 0 Å². The Morgan fingerprint density at radius 2 is 2.05 bits per heavy atom. The highest BCUT2D eigenvalue weighted by Crippen LogP contribution is 2.09. The van der Waals surface area contributed by atoms with Crippen LogP contribution in [0.2, 0.25) is 0 Å². The molecule has 1 N–H and O–H groups in total. The summed E-state index contributed by atoms with van der Waals surface area (Å²) in [6.45, 7) is 3.93. The Bertz CT molecular complexity index is 547. The highest BCUT2D eigenvalue weighted by atomic mass is 127. The number of amides is 1. The molecule has 1 amide bonds. The van der Waals surface area contributed by atoms with E-state index in [-0.39, 0.29) is 12.5 Å². The SMILES string of the molecule is Cc1cc(C)cc(C(=O)NC(C#N)OCC#CI)c1. The molecule has 1 aromatic rings. The van der Waals surface area contributed by atoms with Crippen molar-refractivity contribution in [3.63, 3.8) is 0 Å². The van der Waals surface area contributed by atoms with Crippen LogP contribution in [0.1, 0.15) is 21.5 Å². The molecule has 0 heterocycles. The van der Waals surface area contributed by atoms with Crippen LogP contribution >= 0.6 is 22.6 Å². The zero-order valence-corrected chi connectivity index (χ0v) is 12.8. The summed E-state index contributed by atoms with van der Waals surface area (Å²) >= 11 is 1.88. The zero-order chi connectivity index (χ0) is 14.3. The molecule has 5 heteroatoms. The fourth-order valence-corrected chi connectivity index (χ4v) is 1.73. The van der Waals surface area contributed by atoms with E-state index in [1.807, 2.05) is 48.6 Å². The van der Waals surface area contributed by atoms with Crippen molar-refractivity contribution in [1.82, 2.24) is 5.32 Å². The molecule has 1 aromatic carbocycles. The minimum Gasteiger partial charge on any atom is -0.332 e. The van der Waals surface area contributed by atoms with Crippen LogP contribution in [-0.2, 0) is 4.74 Å². The Morgan fingerprint density at radius 1 is 1.42 bits per heavy atom. The number of hydrogen-bond acceptors (Lipinski definition) is 3. The zero-order valence-electron chi connectivity index (χ0n) is 10.7. The van der Waals surface area contributed by atoms with Crippen molar-refractivity contribution in [1.29, 1.82) is 5.26 Å². The molecule has 0 bridgehead atoms. The molecule has 0 aliphatic heterocycles. The lowest BCUT2D eigenvalue weighted by Crippen LogP contribution is -2.36. The average molecular weight is 368 g/mol. The van der Waals surface area contributed by atoms with Gasteiger partial charge in [-0.1, -0.05) is 23.1 Å². The average Bonchev–Trinajstić information content (AvgIpc) is 2.36. The van der Waals surface area contributed by atoms with Crippen molar-refractivity contribution in [3.05, 3.63) is 34.9 Å². The van der Waals surface area contributed by atoms with E-state index in [1.165, 1.54) is 0 Å². The summed E-state index contributed by atoms with van der Waals surface area (Å²) in [5, 5.41) is 11.4. The van der Waals surface area contributed by atoms with Crippen LogP contribution in [0.4, 0.5) is 0 Å². The maximum Gasteiger partial charge on any atom is 0.254 e. The Morgan fingerprint density at radius 3 is 2.58 bits per heavy atom. The molecule has 0 saturated heterocycles. The lowest BCUT2D eigenvalue weighted by Gasteiger charge is -2.11. The molecule has 1 unspecified atom stereocenters. The second-order valence-electron chi connectivity index (χ2n) is 3.94. The quantitative estimate of drug-likeness (QED) is 0.504. The normalized spacial score (nSPS) is 10.8. The molecule has 0 aliphatic carbocycles. The number of benzene rings is 1. The van der Waals surface area contributed by atoms with Gasteiger partial charge >= 0.3 is 0 Å². The molecule has 0 saturated carbocycles. The molecule has 0 aliphatic rings. The van der Waals surface area contributed by atoms with E-state index in [1.54, 1.807) is 12.1 Å². The fraction of sp³-hybridized carbons (Fsp3) is 0.286. The first-order chi connectivity index (χ1) is 9.06. The summed E-state index contributed by atoms with van der Waals surface area (Å²) in [4.78, 5) is 12.0. The molecule has 0 spiro atoms. The van der Waals surface area contributed by atoms with Crippen molar-refractivity contribution in [3.8, 4) is 15.9 Å². The van der Waals surface area contributed by atoms with Crippen LogP contribution in [-0.4, -0.2) is 18.7 Å². The fourth-order valence-electron chi connectivity index (χ4n) is 1.57. The van der Waals surface area contributed by atoms with E-state index in [0.29, 0.717) is 5.56 Å². The van der Waals surface area contributed by atoms with Gasteiger partial charge < -0.3 is 10.1 Å². The minimum absolute atomic E-state index is 0.105. The van der Waals surface area contributed by atoms with Gasteiger partial charge in [-0.15, -0.1) is 0 Å². The number of hydrogen-bond donors (Lipinski definition) is 1. The highest BCUT2D eigenvalue weighted by Gasteiger charge is 2.13. The van der Waals surface area contributed by atoms with Crippen LogP contribution in [0, 0.1) is 35.0 Å². The van der Waals surface area contributed by atoms with Crippen molar-refractivity contribution < 1.29 is 9.53 Å². The first kappa shape index (κ1) is 15.5. The van der Waals surface area contributed by atoms with E-state index in [4.69, 9.17) is 10.00 Å². The van der Waals surface area contributed by atoms with E-state index in [9.17, 15) is 4.79 Å². The van der Waals surface area contributed by atoms with Gasteiger partial charge in [-0.3, -0.25) is 4.79 Å². The first-order valence-corrected chi connectivity index (χ1v) is 6.63. The minimum atomic E-state index is -0.995. The summed E-state index contributed by atoms with van der Waals surface area (Å²) in [5.41, 5.74) is 2.51. The maximum atomic E-state index is 12.0. The van der Waals surface area contributed by atoms with Gasteiger partial charge in [0.15, 0.2) is 0 Å². The number of ether oxygens (including phenoxy) is 1. The Balaban J connectivity index is 2.71. The molecule has 98 valence electrons. The second kappa shape index (κ2) is 7.78. The first-order valence-electron chi connectivity index (χ1n) is 5.55. The number of nitrogens with one attached hydrogen (secondary N) is 1. The number of halogens is 1. The summed E-state index contributed by atoms with van der Waals surface area (Å²) in [5.74, 6) is 2.32. The molecule has 19 heavy (non-hydrogen) atoms. The van der Waals surface area contributed by atoms with E-state index < -0.39 is 6.23 Å². The molecular formula is C14H13IN2O2. The molecule has 0 radical (unpaired) electrons. The van der Waals surface area contributed by atoms with Crippen LogP contribution in [0.5, 0.6) is 0 Å². The topological polar surface area (TPSA) is 62.1 Å². The third-order valence-corrected chi connectivity index (χ3v) is 2.63. The predicted molar refractivity (Wildman–Crippen MR) is 80.5 cm³/mol. The lowest BCUT2D eigenvalue weighted by atomic mass is 10.1. The Hall–Kier alpha value is -1.57. The van der Waals surface area contributed by atoms with Gasteiger partial charge in [0, 0.05) is 28.2 Å². The summed E-state index contributed by atoms with van der Waals surface area (Å²) in [6, 6.07) is 7.37. The van der Waals surface area contributed by atoms with Gasteiger partial charge in [-0.2, -0.15) is 5.26 Å². The van der Waals surface area contributed by atoms with Crippen molar-refractivity contribution in [2.45, 2.75) is 20.1 Å². The number of aryl methyl sites for hydroxylation is 2. The summed E-state index contributed by atoms with van der Waals surface area (Å²) < 4.78 is 7.73. The summed E-state index contributed by atoms with van der Waals surface area (Å²) in [7, 11) is 0. The number of carbonyl (C=O) groups is 1. The standard InChI is InChI=1S/C14H13IN2O2/c1-10-6-11(2)8-12(7-10)14(18)17-13(9-16)19-5-3-4-15/h6-8,13H,5H2,1-2H3,(H,17,18). The van der Waals surface area contributed by atoms with Crippen LogP contribution in [0.3, 0.4) is 0 Å². The second-order valence-corrected chi connectivity index (χ2v) is 4.48. The van der Waals surface area contributed by atoms with Gasteiger partial charge in [-0.25, -0.2) is 0 Å². The highest BCUT2D eigenvalue weighted by molar-refractivity contribution is 14.1. The molecule has 4 nitrogen and oxygen atoms in total. The van der Waals surface area contributed by atoms with Crippen LogP contribution < -0.4 is 5.32 Å². The Kier molecular flexibility index (Phi) is 6.34. The van der Waals surface area contributed by atoms with Gasteiger partial charge in [-0.05, 0) is 29.9 Å². The molecular weight excluding hydrogens is 355 g/mol. The van der Waals surface area contributed by atoms with Crippen molar-refractivity contribution in [2.75, 3.05) is 6.61 Å². The van der Waals surface area contributed by atoms with E-state index in [0.717, 1.165) is 11.1 Å². The molecule has 1 rings (SSSR count). The van der Waals surface area contributed by atoms with E-state index in [2.05, 4.69) is 15.2 Å². The molecule has 0 fully saturated rings. The number of rotatable bonds is 4. The maximum absolute atomic E-state index is 12.0. The monoisotopic (exact) mass is 368 g/mol.